The van der Waals surface area contributed by atoms with Crippen LogP contribution in [0.25, 0.3) is 0 Å². The van der Waals surface area contributed by atoms with Crippen LogP contribution in [0.2, 0.25) is 0 Å². The molecule has 1 atom stereocenters. The van der Waals surface area contributed by atoms with Gasteiger partial charge in [0.2, 0.25) is 5.91 Å². The van der Waals surface area contributed by atoms with Crippen molar-refractivity contribution >= 4 is 23.6 Å². The van der Waals surface area contributed by atoms with Crippen LogP contribution in [0.4, 0.5) is 14.9 Å². The Balaban J connectivity index is 2.03. The maximum Gasteiger partial charge on any atom is 0.437 e. The summed E-state index contributed by atoms with van der Waals surface area (Å²) in [6, 6.07) is 4.80. The standard InChI is InChI=1S/C18H26FN5O4/c1-12-10-23(7-8-24(12)15(25)6-9-27-2)14-5-3-4-13(16(14)19)11-28-18(26)22-17(20)21/h3-5,12H,6-11H2,1-2H3,(H4,20,21,22,26)/t12-/m1/s1. The molecule has 1 saturated heterocycles. The third-order valence-corrected chi connectivity index (χ3v) is 4.44. The van der Waals surface area contributed by atoms with Crippen LogP contribution in [0, 0.1) is 5.82 Å². The number of hydrogen-bond donors (Lipinski definition) is 2. The summed E-state index contributed by atoms with van der Waals surface area (Å²) in [6.45, 7) is 3.49. The number of carbonyl (C=O) groups is 2. The third kappa shape index (κ3) is 5.56. The fourth-order valence-corrected chi connectivity index (χ4v) is 3.08. The van der Waals surface area contributed by atoms with Crippen LogP contribution in [0.15, 0.2) is 23.2 Å². The van der Waals surface area contributed by atoms with Gasteiger partial charge in [0.1, 0.15) is 6.61 Å². The Hall–Kier alpha value is -2.88. The van der Waals surface area contributed by atoms with E-state index in [4.69, 9.17) is 20.9 Å². The Morgan fingerprint density at radius 3 is 2.71 bits per heavy atom. The normalized spacial score (nSPS) is 16.6. The number of halogens is 1. The van der Waals surface area contributed by atoms with Gasteiger partial charge in [0, 0.05) is 38.3 Å². The number of benzene rings is 1. The van der Waals surface area contributed by atoms with Crippen LogP contribution in [0.1, 0.15) is 18.9 Å². The van der Waals surface area contributed by atoms with E-state index in [0.717, 1.165) is 0 Å². The van der Waals surface area contributed by atoms with E-state index < -0.39 is 17.9 Å². The molecule has 1 aliphatic heterocycles. The lowest BCUT2D eigenvalue weighted by atomic mass is 10.1. The highest BCUT2D eigenvalue weighted by atomic mass is 19.1. The van der Waals surface area contributed by atoms with Crippen molar-refractivity contribution in [3.63, 3.8) is 0 Å². The quantitative estimate of drug-likeness (QED) is 0.540. The maximum atomic E-state index is 14.9. The van der Waals surface area contributed by atoms with Crippen molar-refractivity contribution in [2.24, 2.45) is 16.5 Å². The monoisotopic (exact) mass is 395 g/mol. The number of anilines is 1. The molecular weight excluding hydrogens is 369 g/mol. The molecular formula is C18H26FN5O4. The summed E-state index contributed by atoms with van der Waals surface area (Å²) in [5.74, 6) is -0.882. The van der Waals surface area contributed by atoms with Crippen molar-refractivity contribution in [1.82, 2.24) is 4.90 Å². The minimum Gasteiger partial charge on any atom is -0.443 e. The van der Waals surface area contributed by atoms with Crippen molar-refractivity contribution < 1.29 is 23.5 Å². The first-order valence-corrected chi connectivity index (χ1v) is 8.90. The Bertz CT molecular complexity index is 739. The molecule has 28 heavy (non-hydrogen) atoms. The van der Waals surface area contributed by atoms with Crippen molar-refractivity contribution in [2.75, 3.05) is 38.3 Å². The lowest BCUT2D eigenvalue weighted by Gasteiger charge is -2.41. The fraction of sp³-hybridized carbons (Fsp3) is 0.500. The first kappa shape index (κ1) is 21.4. The molecule has 1 aromatic carbocycles. The molecule has 10 heteroatoms. The minimum atomic E-state index is -0.985. The highest BCUT2D eigenvalue weighted by molar-refractivity contribution is 5.87. The molecule has 9 nitrogen and oxygen atoms in total. The van der Waals surface area contributed by atoms with Gasteiger partial charge in [-0.05, 0) is 13.0 Å². The average molecular weight is 395 g/mol. The van der Waals surface area contributed by atoms with Crippen LogP contribution in [0.5, 0.6) is 0 Å². The molecule has 1 aromatic rings. The van der Waals surface area contributed by atoms with Gasteiger partial charge in [-0.25, -0.2) is 9.18 Å². The third-order valence-electron chi connectivity index (χ3n) is 4.44. The number of ether oxygens (including phenoxy) is 2. The Labute approximate surface area is 163 Å². The van der Waals surface area contributed by atoms with Crippen molar-refractivity contribution in [3.05, 3.63) is 29.6 Å². The summed E-state index contributed by atoms with van der Waals surface area (Å²) in [4.78, 5) is 30.5. The molecule has 0 bridgehead atoms. The molecule has 0 aliphatic carbocycles. The molecule has 4 N–H and O–H groups in total. The van der Waals surface area contributed by atoms with Gasteiger partial charge in [0.15, 0.2) is 11.8 Å². The van der Waals surface area contributed by atoms with E-state index in [0.29, 0.717) is 38.3 Å². The highest BCUT2D eigenvalue weighted by Crippen LogP contribution is 2.26. The van der Waals surface area contributed by atoms with Crippen molar-refractivity contribution in [1.29, 1.82) is 0 Å². The van der Waals surface area contributed by atoms with E-state index in [2.05, 4.69) is 4.99 Å². The number of piperazine rings is 1. The zero-order valence-corrected chi connectivity index (χ0v) is 16.1. The van der Waals surface area contributed by atoms with Gasteiger partial charge >= 0.3 is 6.09 Å². The number of amides is 2. The van der Waals surface area contributed by atoms with Crippen LogP contribution in [-0.4, -0.2) is 62.3 Å². The predicted octanol–water partition coefficient (Wildman–Crippen LogP) is 0.809. The second-order valence-electron chi connectivity index (χ2n) is 6.47. The van der Waals surface area contributed by atoms with Gasteiger partial charge < -0.3 is 30.7 Å². The topological polar surface area (TPSA) is 123 Å². The number of carbonyl (C=O) groups excluding carboxylic acids is 2. The molecule has 1 heterocycles. The van der Waals surface area contributed by atoms with Gasteiger partial charge in [0.25, 0.3) is 0 Å². The smallest absolute Gasteiger partial charge is 0.437 e. The minimum absolute atomic E-state index is 0.0230. The second kappa shape index (κ2) is 9.88. The summed E-state index contributed by atoms with van der Waals surface area (Å²) < 4.78 is 24.7. The molecule has 0 spiro atoms. The molecule has 1 fully saturated rings. The summed E-state index contributed by atoms with van der Waals surface area (Å²) in [5.41, 5.74) is 10.8. The van der Waals surface area contributed by atoms with Gasteiger partial charge in [-0.3, -0.25) is 4.79 Å². The van der Waals surface area contributed by atoms with Crippen molar-refractivity contribution in [3.8, 4) is 0 Å². The Kier molecular flexibility index (Phi) is 7.56. The summed E-state index contributed by atoms with van der Waals surface area (Å²) in [5, 5.41) is 0. The molecule has 154 valence electrons. The molecule has 0 saturated carbocycles. The van der Waals surface area contributed by atoms with E-state index >= 15 is 0 Å². The Morgan fingerprint density at radius 1 is 1.32 bits per heavy atom. The average Bonchev–Trinajstić information content (AvgIpc) is 2.64. The Morgan fingerprint density at radius 2 is 2.07 bits per heavy atom. The van der Waals surface area contributed by atoms with Crippen LogP contribution in [-0.2, 0) is 20.9 Å². The van der Waals surface area contributed by atoms with Gasteiger partial charge in [-0.15, -0.1) is 4.99 Å². The van der Waals surface area contributed by atoms with Gasteiger partial charge in [-0.2, -0.15) is 0 Å². The lowest BCUT2D eigenvalue weighted by molar-refractivity contribution is -0.134. The number of guanidine groups is 1. The maximum absolute atomic E-state index is 14.9. The lowest BCUT2D eigenvalue weighted by Crippen LogP contribution is -2.54. The number of nitrogens with zero attached hydrogens (tertiary/aromatic N) is 3. The van der Waals surface area contributed by atoms with E-state index in [1.54, 1.807) is 24.1 Å². The molecule has 2 rings (SSSR count). The largest absolute Gasteiger partial charge is 0.443 e. The number of aliphatic imine (C=N–C) groups is 1. The van der Waals surface area contributed by atoms with Crippen LogP contribution < -0.4 is 16.4 Å². The van der Waals surface area contributed by atoms with E-state index in [-0.39, 0.29) is 24.1 Å². The summed E-state index contributed by atoms with van der Waals surface area (Å²) in [6.07, 6.45) is -0.659. The van der Waals surface area contributed by atoms with Gasteiger partial charge in [0.05, 0.1) is 18.7 Å². The number of rotatable bonds is 6. The molecule has 1 aliphatic rings. The van der Waals surface area contributed by atoms with Crippen molar-refractivity contribution in [2.45, 2.75) is 26.0 Å². The number of hydrogen-bond acceptors (Lipinski definition) is 5. The first-order valence-electron chi connectivity index (χ1n) is 8.90. The predicted molar refractivity (Wildman–Crippen MR) is 102 cm³/mol. The van der Waals surface area contributed by atoms with E-state index in [1.165, 1.54) is 6.07 Å². The summed E-state index contributed by atoms with van der Waals surface area (Å²) in [7, 11) is 1.55. The molecule has 2 amide bonds. The number of nitrogens with two attached hydrogens (primary N) is 2. The summed E-state index contributed by atoms with van der Waals surface area (Å²) >= 11 is 0. The molecule has 0 unspecified atom stereocenters. The first-order chi connectivity index (χ1) is 13.3. The fourth-order valence-electron chi connectivity index (χ4n) is 3.08. The molecule has 0 aromatic heterocycles. The van der Waals surface area contributed by atoms with Crippen LogP contribution >= 0.6 is 0 Å². The highest BCUT2D eigenvalue weighted by Gasteiger charge is 2.28. The zero-order chi connectivity index (χ0) is 20.7. The molecule has 0 radical (unpaired) electrons. The SMILES string of the molecule is COCCC(=O)N1CCN(c2cccc(COC(=O)N=C(N)N)c2F)C[C@H]1C. The van der Waals surface area contributed by atoms with E-state index in [1.807, 2.05) is 11.8 Å². The van der Waals surface area contributed by atoms with Crippen LogP contribution in [0.3, 0.4) is 0 Å². The van der Waals surface area contributed by atoms with Gasteiger partial charge in [-0.1, -0.05) is 12.1 Å². The van der Waals surface area contributed by atoms with E-state index in [9.17, 15) is 14.0 Å². The second-order valence-corrected chi connectivity index (χ2v) is 6.47. The zero-order valence-electron chi connectivity index (χ0n) is 16.1. The number of methoxy groups -OCH3 is 1.